The second-order valence-electron chi connectivity index (χ2n) is 4.96. The van der Waals surface area contributed by atoms with Crippen LogP contribution in [0.1, 0.15) is 10.5 Å². The molecule has 2 aromatic carbocycles. The first kappa shape index (κ1) is 13.6. The maximum atomic E-state index is 11.6. The van der Waals surface area contributed by atoms with Crippen molar-refractivity contribution in [3.8, 4) is 11.3 Å². The lowest BCUT2D eigenvalue weighted by Gasteiger charge is -1.99. The number of benzene rings is 2. The van der Waals surface area contributed by atoms with E-state index in [4.69, 9.17) is 0 Å². The molecular formula is C16H9N3O3S. The van der Waals surface area contributed by atoms with Crippen molar-refractivity contribution in [1.29, 1.82) is 0 Å². The first-order valence-corrected chi connectivity index (χ1v) is 7.60. The van der Waals surface area contributed by atoms with E-state index in [0.29, 0.717) is 21.9 Å². The maximum Gasteiger partial charge on any atom is 0.270 e. The van der Waals surface area contributed by atoms with Crippen molar-refractivity contribution in [1.82, 2.24) is 9.38 Å². The van der Waals surface area contributed by atoms with Gasteiger partial charge in [0, 0.05) is 17.7 Å². The van der Waals surface area contributed by atoms with Gasteiger partial charge in [0.2, 0.25) is 0 Å². The Kier molecular flexibility index (Phi) is 2.95. The summed E-state index contributed by atoms with van der Waals surface area (Å²) in [4.78, 5) is 27.3. The summed E-state index contributed by atoms with van der Waals surface area (Å²) in [5.41, 5.74) is 2.29. The second kappa shape index (κ2) is 4.99. The lowest BCUT2D eigenvalue weighted by atomic mass is 10.1. The third kappa shape index (κ3) is 2.01. The van der Waals surface area contributed by atoms with Crippen molar-refractivity contribution in [2.45, 2.75) is 0 Å². The Morgan fingerprint density at radius 3 is 2.78 bits per heavy atom. The second-order valence-corrected chi connectivity index (χ2v) is 5.97. The molecule has 0 aliphatic carbocycles. The van der Waals surface area contributed by atoms with Crippen LogP contribution in [-0.4, -0.2) is 20.6 Å². The van der Waals surface area contributed by atoms with E-state index in [1.165, 1.54) is 23.5 Å². The van der Waals surface area contributed by atoms with Crippen molar-refractivity contribution in [2.75, 3.05) is 0 Å². The number of hydrogen-bond donors (Lipinski definition) is 0. The first-order chi connectivity index (χ1) is 11.2. The van der Waals surface area contributed by atoms with Crippen LogP contribution in [0.15, 0.2) is 48.5 Å². The quantitative estimate of drug-likeness (QED) is 0.325. The van der Waals surface area contributed by atoms with Gasteiger partial charge in [0.25, 0.3) is 5.69 Å². The van der Waals surface area contributed by atoms with E-state index < -0.39 is 4.92 Å². The molecule has 2 aromatic heterocycles. The maximum absolute atomic E-state index is 11.6. The van der Waals surface area contributed by atoms with Gasteiger partial charge < -0.3 is 0 Å². The van der Waals surface area contributed by atoms with E-state index in [2.05, 4.69) is 4.98 Å². The number of non-ortho nitro benzene ring substituents is 1. The summed E-state index contributed by atoms with van der Waals surface area (Å²) in [6.07, 6.45) is 0.743. The van der Waals surface area contributed by atoms with Gasteiger partial charge >= 0.3 is 0 Å². The van der Waals surface area contributed by atoms with E-state index in [1.807, 2.05) is 24.3 Å². The van der Waals surface area contributed by atoms with Gasteiger partial charge in [-0.25, -0.2) is 4.98 Å². The van der Waals surface area contributed by atoms with Gasteiger partial charge in [0.05, 0.1) is 15.1 Å². The highest BCUT2D eigenvalue weighted by molar-refractivity contribution is 7.23. The number of nitrogens with zero attached hydrogens (tertiary/aromatic N) is 3. The normalized spacial score (nSPS) is 11.1. The van der Waals surface area contributed by atoms with Crippen LogP contribution >= 0.6 is 11.3 Å². The molecule has 0 aliphatic heterocycles. The third-order valence-corrected chi connectivity index (χ3v) is 4.65. The van der Waals surface area contributed by atoms with Gasteiger partial charge in [-0.15, -0.1) is 0 Å². The zero-order valence-corrected chi connectivity index (χ0v) is 12.5. The highest BCUT2D eigenvalue weighted by atomic mass is 32.1. The molecule has 0 spiro atoms. The monoisotopic (exact) mass is 323 g/mol. The minimum atomic E-state index is -0.460. The molecule has 23 heavy (non-hydrogen) atoms. The largest absolute Gasteiger partial charge is 0.296 e. The zero-order chi connectivity index (χ0) is 16.0. The molecule has 2 heterocycles. The van der Waals surface area contributed by atoms with Crippen LogP contribution in [0.5, 0.6) is 0 Å². The number of para-hydroxylation sites is 1. The lowest BCUT2D eigenvalue weighted by Crippen LogP contribution is -1.93. The number of nitro groups is 1. The molecule has 112 valence electrons. The highest BCUT2D eigenvalue weighted by Crippen LogP contribution is 2.33. The summed E-state index contributed by atoms with van der Waals surface area (Å²) >= 11 is 1.48. The Labute approximate surface area is 133 Å². The van der Waals surface area contributed by atoms with Gasteiger partial charge in [0.15, 0.2) is 11.2 Å². The number of fused-ring (bicyclic) bond motifs is 3. The zero-order valence-electron chi connectivity index (χ0n) is 11.7. The highest BCUT2D eigenvalue weighted by Gasteiger charge is 2.19. The topological polar surface area (TPSA) is 77.5 Å². The Hall–Kier alpha value is -3.06. The van der Waals surface area contributed by atoms with Crippen molar-refractivity contribution in [3.63, 3.8) is 0 Å². The molecule has 0 atom stereocenters. The predicted molar refractivity (Wildman–Crippen MR) is 88.1 cm³/mol. The number of imidazole rings is 1. The van der Waals surface area contributed by atoms with Gasteiger partial charge in [-0.2, -0.15) is 0 Å². The van der Waals surface area contributed by atoms with E-state index in [9.17, 15) is 14.9 Å². The number of carbonyl (C=O) groups is 1. The van der Waals surface area contributed by atoms with Gasteiger partial charge in [-0.3, -0.25) is 19.3 Å². The molecule has 0 bridgehead atoms. The van der Waals surface area contributed by atoms with Crippen molar-refractivity contribution in [3.05, 3.63) is 64.3 Å². The number of carbonyl (C=O) groups excluding carboxylic acids is 1. The number of thiazole rings is 1. The molecule has 0 radical (unpaired) electrons. The third-order valence-electron chi connectivity index (χ3n) is 3.63. The van der Waals surface area contributed by atoms with Crippen molar-refractivity contribution >= 4 is 38.5 Å². The molecular weight excluding hydrogens is 314 g/mol. The number of rotatable bonds is 3. The molecule has 0 saturated carbocycles. The Morgan fingerprint density at radius 1 is 1.17 bits per heavy atom. The molecule has 0 amide bonds. The van der Waals surface area contributed by atoms with Gasteiger partial charge in [0.1, 0.15) is 11.4 Å². The number of hydrogen-bond acceptors (Lipinski definition) is 5. The van der Waals surface area contributed by atoms with Gasteiger partial charge in [-0.1, -0.05) is 35.6 Å². The summed E-state index contributed by atoms with van der Waals surface area (Å²) in [5, 5.41) is 10.9. The van der Waals surface area contributed by atoms with Crippen molar-refractivity contribution in [2.24, 2.45) is 0 Å². The van der Waals surface area contributed by atoms with E-state index in [0.717, 1.165) is 16.5 Å². The van der Waals surface area contributed by atoms with Crippen LogP contribution < -0.4 is 0 Å². The average molecular weight is 323 g/mol. The SMILES string of the molecule is O=Cc1c(-c2cccc([N+](=O)[O-])c2)nc2sc3ccccc3n12. The Balaban J connectivity index is 2.02. The molecule has 0 aliphatic rings. The average Bonchev–Trinajstić information content (AvgIpc) is 3.10. The number of nitro benzene ring substituents is 1. The predicted octanol–water partition coefficient (Wildman–Crippen LogP) is 3.94. The van der Waals surface area contributed by atoms with Crippen LogP contribution in [0.4, 0.5) is 5.69 Å². The minimum absolute atomic E-state index is 0.0273. The fourth-order valence-corrected chi connectivity index (χ4v) is 3.66. The number of aromatic nitrogens is 2. The fourth-order valence-electron chi connectivity index (χ4n) is 2.63. The Morgan fingerprint density at radius 2 is 2.00 bits per heavy atom. The number of aldehydes is 1. The van der Waals surface area contributed by atoms with Gasteiger partial charge in [-0.05, 0) is 12.1 Å². The van der Waals surface area contributed by atoms with Crippen molar-refractivity contribution < 1.29 is 9.72 Å². The van der Waals surface area contributed by atoms with E-state index in [-0.39, 0.29) is 5.69 Å². The van der Waals surface area contributed by atoms with Crippen LogP contribution in [0.3, 0.4) is 0 Å². The molecule has 0 N–H and O–H groups in total. The lowest BCUT2D eigenvalue weighted by molar-refractivity contribution is -0.384. The molecule has 6 nitrogen and oxygen atoms in total. The van der Waals surface area contributed by atoms with Crippen LogP contribution in [0, 0.1) is 10.1 Å². The summed E-state index contributed by atoms with van der Waals surface area (Å²) in [6.45, 7) is 0. The molecule has 4 aromatic rings. The molecule has 0 fully saturated rings. The minimum Gasteiger partial charge on any atom is -0.296 e. The summed E-state index contributed by atoms with van der Waals surface area (Å²) in [6, 6.07) is 13.9. The van der Waals surface area contributed by atoms with E-state index in [1.54, 1.807) is 16.5 Å². The molecule has 0 saturated heterocycles. The molecule has 7 heteroatoms. The van der Waals surface area contributed by atoms with Crippen LogP contribution in [0.25, 0.3) is 26.4 Å². The smallest absolute Gasteiger partial charge is 0.270 e. The Bertz CT molecular complexity index is 1080. The molecule has 0 unspecified atom stereocenters. The van der Waals surface area contributed by atoms with E-state index >= 15 is 0 Å². The van der Waals surface area contributed by atoms with Crippen LogP contribution in [0.2, 0.25) is 0 Å². The standard InChI is InChI=1S/C16H9N3O3S/c20-9-13-15(10-4-3-5-11(8-10)19(21)22)17-16-18(13)12-6-1-2-7-14(12)23-16/h1-9H. The fraction of sp³-hybridized carbons (Fsp3) is 0. The summed E-state index contributed by atoms with van der Waals surface area (Å²) in [7, 11) is 0. The summed E-state index contributed by atoms with van der Waals surface area (Å²) < 4.78 is 2.82. The molecule has 4 rings (SSSR count). The van der Waals surface area contributed by atoms with Crippen LogP contribution in [-0.2, 0) is 0 Å². The summed E-state index contributed by atoms with van der Waals surface area (Å²) in [5.74, 6) is 0. The first-order valence-electron chi connectivity index (χ1n) is 6.79.